The van der Waals surface area contributed by atoms with Crippen LogP contribution in [0.25, 0.3) is 0 Å². The molecule has 0 aliphatic carbocycles. The van der Waals surface area contributed by atoms with E-state index in [0.29, 0.717) is 6.04 Å². The third-order valence-corrected chi connectivity index (χ3v) is 2.92. The normalized spacial score (nSPS) is 12.4. The lowest BCUT2D eigenvalue weighted by atomic mass is 9.98. The Labute approximate surface area is 104 Å². The van der Waals surface area contributed by atoms with Crippen LogP contribution in [0, 0.1) is 5.82 Å². The van der Waals surface area contributed by atoms with Gasteiger partial charge < -0.3 is 5.32 Å². The monoisotopic (exact) mass is 235 g/mol. The topological polar surface area (TPSA) is 12.0 Å². The van der Waals surface area contributed by atoms with Crippen molar-refractivity contribution in [2.45, 2.75) is 39.2 Å². The number of hydrogen-bond acceptors (Lipinski definition) is 1. The van der Waals surface area contributed by atoms with Crippen LogP contribution in [0.15, 0.2) is 36.4 Å². The molecule has 0 aliphatic rings. The van der Waals surface area contributed by atoms with E-state index in [1.54, 1.807) is 0 Å². The summed E-state index contributed by atoms with van der Waals surface area (Å²) in [6, 6.07) is 7.15. The van der Waals surface area contributed by atoms with E-state index in [4.69, 9.17) is 0 Å². The maximum atomic E-state index is 12.8. The third-order valence-electron chi connectivity index (χ3n) is 2.92. The standard InChI is InChI=1S/C15H22FN/c1-4-12(3)10-15(17-5-2)11-13-6-8-14(16)9-7-13/h6-9,15,17H,3-5,10-11H2,1-2H3. The van der Waals surface area contributed by atoms with Crippen LogP contribution < -0.4 is 5.32 Å². The van der Waals surface area contributed by atoms with Crippen molar-refractivity contribution in [2.75, 3.05) is 6.54 Å². The Morgan fingerprint density at radius 3 is 2.47 bits per heavy atom. The van der Waals surface area contributed by atoms with Gasteiger partial charge in [-0.1, -0.05) is 38.1 Å². The number of likely N-dealkylation sites (N-methyl/N-ethyl adjacent to an activating group) is 1. The minimum Gasteiger partial charge on any atom is -0.314 e. The highest BCUT2D eigenvalue weighted by Gasteiger charge is 2.09. The van der Waals surface area contributed by atoms with Crippen molar-refractivity contribution in [2.24, 2.45) is 0 Å². The van der Waals surface area contributed by atoms with Gasteiger partial charge in [0, 0.05) is 6.04 Å². The van der Waals surface area contributed by atoms with Gasteiger partial charge in [-0.15, -0.1) is 0 Å². The van der Waals surface area contributed by atoms with Crippen molar-refractivity contribution < 1.29 is 4.39 Å². The zero-order chi connectivity index (χ0) is 12.7. The van der Waals surface area contributed by atoms with Gasteiger partial charge in [-0.2, -0.15) is 0 Å². The molecule has 0 aliphatic heterocycles. The molecule has 0 saturated carbocycles. The van der Waals surface area contributed by atoms with E-state index in [2.05, 4.69) is 25.7 Å². The fourth-order valence-corrected chi connectivity index (χ4v) is 1.90. The van der Waals surface area contributed by atoms with Gasteiger partial charge in [0.05, 0.1) is 0 Å². The molecule has 1 aromatic rings. The predicted molar refractivity (Wildman–Crippen MR) is 71.6 cm³/mol. The van der Waals surface area contributed by atoms with E-state index >= 15 is 0 Å². The fraction of sp³-hybridized carbons (Fsp3) is 0.467. The van der Waals surface area contributed by atoms with Crippen LogP contribution in [0.5, 0.6) is 0 Å². The minimum atomic E-state index is -0.174. The van der Waals surface area contributed by atoms with Crippen molar-refractivity contribution in [3.8, 4) is 0 Å². The summed E-state index contributed by atoms with van der Waals surface area (Å²) < 4.78 is 12.8. The second-order valence-electron chi connectivity index (χ2n) is 4.39. The highest BCUT2D eigenvalue weighted by atomic mass is 19.1. The summed E-state index contributed by atoms with van der Waals surface area (Å²) in [6.45, 7) is 9.23. The molecule has 0 saturated heterocycles. The lowest BCUT2D eigenvalue weighted by Crippen LogP contribution is -2.31. The molecule has 1 aromatic carbocycles. The van der Waals surface area contributed by atoms with Crippen LogP contribution in [0.4, 0.5) is 4.39 Å². The van der Waals surface area contributed by atoms with Gasteiger partial charge in [0.2, 0.25) is 0 Å². The molecule has 1 N–H and O–H groups in total. The van der Waals surface area contributed by atoms with E-state index < -0.39 is 0 Å². The number of hydrogen-bond donors (Lipinski definition) is 1. The van der Waals surface area contributed by atoms with Gasteiger partial charge in [-0.3, -0.25) is 0 Å². The van der Waals surface area contributed by atoms with Gasteiger partial charge in [0.1, 0.15) is 5.82 Å². The van der Waals surface area contributed by atoms with Gasteiger partial charge in [0.15, 0.2) is 0 Å². The molecule has 0 heterocycles. The van der Waals surface area contributed by atoms with Crippen molar-refractivity contribution in [1.29, 1.82) is 0 Å². The van der Waals surface area contributed by atoms with Gasteiger partial charge in [-0.05, 0) is 43.5 Å². The Balaban J connectivity index is 2.59. The van der Waals surface area contributed by atoms with Crippen LogP contribution in [0.3, 0.4) is 0 Å². The Morgan fingerprint density at radius 1 is 1.29 bits per heavy atom. The average molecular weight is 235 g/mol. The molecule has 0 bridgehead atoms. The molecule has 1 atom stereocenters. The summed E-state index contributed by atoms with van der Waals surface area (Å²) in [7, 11) is 0. The number of benzene rings is 1. The SMILES string of the molecule is C=C(CC)CC(Cc1ccc(F)cc1)NCC. The maximum absolute atomic E-state index is 12.8. The maximum Gasteiger partial charge on any atom is 0.123 e. The molecule has 0 aromatic heterocycles. The molecule has 0 amide bonds. The van der Waals surface area contributed by atoms with Crippen molar-refractivity contribution >= 4 is 0 Å². The molecule has 1 unspecified atom stereocenters. The number of nitrogens with one attached hydrogen (secondary N) is 1. The summed E-state index contributed by atoms with van der Waals surface area (Å²) in [5.74, 6) is -0.174. The summed E-state index contributed by atoms with van der Waals surface area (Å²) in [5, 5.41) is 3.46. The summed E-state index contributed by atoms with van der Waals surface area (Å²) in [5.41, 5.74) is 2.43. The Morgan fingerprint density at radius 2 is 1.94 bits per heavy atom. The zero-order valence-corrected chi connectivity index (χ0v) is 10.8. The lowest BCUT2D eigenvalue weighted by Gasteiger charge is -2.18. The first-order valence-electron chi connectivity index (χ1n) is 6.30. The van der Waals surface area contributed by atoms with Gasteiger partial charge >= 0.3 is 0 Å². The number of halogens is 1. The van der Waals surface area contributed by atoms with Crippen molar-refractivity contribution in [3.63, 3.8) is 0 Å². The quantitative estimate of drug-likeness (QED) is 0.710. The summed E-state index contributed by atoms with van der Waals surface area (Å²) in [4.78, 5) is 0. The molecular weight excluding hydrogens is 213 g/mol. The Kier molecular flexibility index (Phi) is 5.92. The Hall–Kier alpha value is -1.15. The summed E-state index contributed by atoms with van der Waals surface area (Å²) >= 11 is 0. The van der Waals surface area contributed by atoms with E-state index in [9.17, 15) is 4.39 Å². The van der Waals surface area contributed by atoms with Crippen LogP contribution in [-0.4, -0.2) is 12.6 Å². The highest BCUT2D eigenvalue weighted by Crippen LogP contribution is 2.12. The first-order valence-corrected chi connectivity index (χ1v) is 6.30. The van der Waals surface area contributed by atoms with Crippen LogP contribution in [0.1, 0.15) is 32.3 Å². The zero-order valence-electron chi connectivity index (χ0n) is 10.8. The van der Waals surface area contributed by atoms with Crippen LogP contribution in [0.2, 0.25) is 0 Å². The largest absolute Gasteiger partial charge is 0.314 e. The molecule has 0 radical (unpaired) electrons. The molecular formula is C15H22FN. The lowest BCUT2D eigenvalue weighted by molar-refractivity contribution is 0.515. The molecule has 94 valence electrons. The van der Waals surface area contributed by atoms with Crippen molar-refractivity contribution in [3.05, 3.63) is 47.8 Å². The van der Waals surface area contributed by atoms with Crippen molar-refractivity contribution in [1.82, 2.24) is 5.32 Å². The second-order valence-corrected chi connectivity index (χ2v) is 4.39. The molecule has 1 nitrogen and oxygen atoms in total. The van der Waals surface area contributed by atoms with E-state index in [-0.39, 0.29) is 5.82 Å². The van der Waals surface area contributed by atoms with Crippen LogP contribution >= 0.6 is 0 Å². The van der Waals surface area contributed by atoms with Gasteiger partial charge in [-0.25, -0.2) is 4.39 Å². The summed E-state index contributed by atoms with van der Waals surface area (Å²) in [6.07, 6.45) is 2.93. The second kappa shape index (κ2) is 7.23. The van der Waals surface area contributed by atoms with E-state index in [1.165, 1.54) is 23.3 Å². The molecule has 17 heavy (non-hydrogen) atoms. The van der Waals surface area contributed by atoms with Gasteiger partial charge in [0.25, 0.3) is 0 Å². The van der Waals surface area contributed by atoms with E-state index in [0.717, 1.165) is 25.8 Å². The first kappa shape index (κ1) is 13.9. The Bertz CT molecular complexity index is 342. The molecule has 1 rings (SSSR count). The minimum absolute atomic E-state index is 0.174. The molecule has 0 fully saturated rings. The number of rotatable bonds is 7. The third kappa shape index (κ3) is 5.14. The fourth-order valence-electron chi connectivity index (χ4n) is 1.90. The predicted octanol–water partition coefficient (Wildman–Crippen LogP) is 3.70. The average Bonchev–Trinajstić information content (AvgIpc) is 2.32. The smallest absolute Gasteiger partial charge is 0.123 e. The van der Waals surface area contributed by atoms with Crippen LogP contribution in [-0.2, 0) is 6.42 Å². The molecule has 2 heteroatoms. The first-order chi connectivity index (χ1) is 8.15. The highest BCUT2D eigenvalue weighted by molar-refractivity contribution is 5.17. The van der Waals surface area contributed by atoms with E-state index in [1.807, 2.05) is 12.1 Å². The molecule has 0 spiro atoms.